The van der Waals surface area contributed by atoms with Crippen LogP contribution in [0.1, 0.15) is 0 Å². The van der Waals surface area contributed by atoms with Gasteiger partial charge in [-0.15, -0.1) is 0 Å². The first-order valence-electron chi connectivity index (χ1n) is 4.56. The van der Waals surface area contributed by atoms with Gasteiger partial charge >= 0.3 is 0 Å². The van der Waals surface area contributed by atoms with Crippen LogP contribution in [0.15, 0.2) is 42.7 Å². The Kier molecular flexibility index (Phi) is 2.51. The molecule has 1 aromatic carbocycles. The van der Waals surface area contributed by atoms with Crippen LogP contribution in [-0.4, -0.2) is 15.0 Å². The Balaban J connectivity index is 2.55. The van der Waals surface area contributed by atoms with Gasteiger partial charge in [0.1, 0.15) is 11.9 Å². The molecule has 0 atom stereocenters. The first-order valence-corrected chi connectivity index (χ1v) is 4.56. The summed E-state index contributed by atoms with van der Waals surface area (Å²) in [6.45, 7) is 0. The first kappa shape index (κ1) is 10.1. The first-order chi connectivity index (χ1) is 7.68. The maximum absolute atomic E-state index is 10.8. The largest absolute Gasteiger partial charge is 0.508 e. The van der Waals surface area contributed by atoms with Crippen LogP contribution in [0.25, 0.3) is 11.1 Å². The van der Waals surface area contributed by atoms with Crippen LogP contribution in [0, 0.1) is 10.1 Å². The van der Waals surface area contributed by atoms with E-state index in [1.165, 1.54) is 24.5 Å². The van der Waals surface area contributed by atoms with Gasteiger partial charge in [-0.1, -0.05) is 12.1 Å². The molecule has 0 saturated carbocycles. The summed E-state index contributed by atoms with van der Waals surface area (Å²) in [5, 5.41) is 19.9. The van der Waals surface area contributed by atoms with E-state index in [-0.39, 0.29) is 11.4 Å². The van der Waals surface area contributed by atoms with Crippen LogP contribution in [0.2, 0.25) is 0 Å². The predicted molar refractivity (Wildman–Crippen MR) is 58.0 cm³/mol. The number of phenolic OH excluding ortho intramolecular Hbond substituents is 1. The third-order valence-electron chi connectivity index (χ3n) is 2.18. The van der Waals surface area contributed by atoms with Gasteiger partial charge in [0.05, 0.1) is 10.5 Å². The van der Waals surface area contributed by atoms with Crippen molar-refractivity contribution in [2.75, 3.05) is 0 Å². The Morgan fingerprint density at radius 3 is 2.50 bits per heavy atom. The molecule has 0 amide bonds. The van der Waals surface area contributed by atoms with E-state index in [4.69, 9.17) is 5.11 Å². The van der Waals surface area contributed by atoms with Crippen molar-refractivity contribution >= 4 is 5.69 Å². The van der Waals surface area contributed by atoms with Crippen molar-refractivity contribution in [1.82, 2.24) is 4.98 Å². The molecule has 2 aromatic rings. The summed E-state index contributed by atoms with van der Waals surface area (Å²) in [4.78, 5) is 14.0. The fourth-order valence-corrected chi connectivity index (χ4v) is 1.42. The van der Waals surface area contributed by atoms with E-state index in [1.807, 2.05) is 0 Å². The highest BCUT2D eigenvalue weighted by Gasteiger charge is 2.14. The molecule has 0 saturated heterocycles. The minimum Gasteiger partial charge on any atom is -0.508 e. The highest BCUT2D eigenvalue weighted by atomic mass is 16.6. The molecule has 5 nitrogen and oxygen atoms in total. The molecule has 2 rings (SSSR count). The van der Waals surface area contributed by atoms with E-state index in [1.54, 1.807) is 18.2 Å². The molecule has 1 N–H and O–H groups in total. The molecule has 0 aliphatic heterocycles. The van der Waals surface area contributed by atoms with E-state index < -0.39 is 4.92 Å². The number of nitrogens with zero attached hydrogens (tertiary/aromatic N) is 2. The summed E-state index contributed by atoms with van der Waals surface area (Å²) in [5.74, 6) is 0.125. The zero-order chi connectivity index (χ0) is 11.5. The number of aromatic nitrogens is 1. The molecule has 0 aliphatic rings. The van der Waals surface area contributed by atoms with Gasteiger partial charge < -0.3 is 5.11 Å². The number of aromatic hydroxyl groups is 1. The van der Waals surface area contributed by atoms with Gasteiger partial charge in [0.15, 0.2) is 0 Å². The number of pyridine rings is 1. The molecule has 5 heteroatoms. The third kappa shape index (κ3) is 1.83. The van der Waals surface area contributed by atoms with Gasteiger partial charge in [-0.2, -0.15) is 0 Å². The SMILES string of the molecule is O=[N+]([O-])c1cnccc1-c1ccc(O)cc1. The number of nitro groups is 1. The van der Waals surface area contributed by atoms with Gasteiger partial charge in [-0.3, -0.25) is 15.1 Å². The Morgan fingerprint density at radius 1 is 1.19 bits per heavy atom. The molecule has 1 heterocycles. The summed E-state index contributed by atoms with van der Waals surface area (Å²) in [5.41, 5.74) is 1.11. The highest BCUT2D eigenvalue weighted by molar-refractivity contribution is 5.72. The molecule has 0 unspecified atom stereocenters. The topological polar surface area (TPSA) is 76.3 Å². The standard InChI is InChI=1S/C11H8N2O3/c14-9-3-1-8(2-4-9)10-5-6-12-7-11(10)13(15)16/h1-7,14H. The second-order valence-corrected chi connectivity index (χ2v) is 3.20. The maximum atomic E-state index is 10.8. The van der Waals surface area contributed by atoms with Crippen LogP contribution in [-0.2, 0) is 0 Å². The van der Waals surface area contributed by atoms with Crippen LogP contribution >= 0.6 is 0 Å². The lowest BCUT2D eigenvalue weighted by Gasteiger charge is -2.02. The van der Waals surface area contributed by atoms with E-state index in [9.17, 15) is 10.1 Å². The normalized spacial score (nSPS) is 10.0. The van der Waals surface area contributed by atoms with E-state index in [2.05, 4.69) is 4.98 Å². The number of benzene rings is 1. The molecule has 1 aromatic heterocycles. The van der Waals surface area contributed by atoms with Gasteiger partial charge in [0, 0.05) is 6.20 Å². The lowest BCUT2D eigenvalue weighted by Crippen LogP contribution is -1.92. The minimum absolute atomic E-state index is 0.0480. The van der Waals surface area contributed by atoms with Crippen LogP contribution in [0.3, 0.4) is 0 Å². The fraction of sp³-hybridized carbons (Fsp3) is 0. The third-order valence-corrected chi connectivity index (χ3v) is 2.18. The number of hydrogen-bond donors (Lipinski definition) is 1. The lowest BCUT2D eigenvalue weighted by molar-refractivity contribution is -0.384. The van der Waals surface area contributed by atoms with Crippen molar-refractivity contribution < 1.29 is 10.0 Å². The molecule has 0 spiro atoms. The summed E-state index contributed by atoms with van der Waals surface area (Å²) < 4.78 is 0. The van der Waals surface area contributed by atoms with E-state index >= 15 is 0 Å². The monoisotopic (exact) mass is 216 g/mol. The number of rotatable bonds is 2. The van der Waals surface area contributed by atoms with Crippen LogP contribution in [0.4, 0.5) is 5.69 Å². The summed E-state index contributed by atoms with van der Waals surface area (Å²) in [6.07, 6.45) is 2.71. The summed E-state index contributed by atoms with van der Waals surface area (Å²) in [7, 11) is 0. The Labute approximate surface area is 91.2 Å². The lowest BCUT2D eigenvalue weighted by atomic mass is 10.1. The number of phenols is 1. The minimum atomic E-state index is -0.477. The van der Waals surface area contributed by atoms with Crippen molar-refractivity contribution in [2.45, 2.75) is 0 Å². The highest BCUT2D eigenvalue weighted by Crippen LogP contribution is 2.29. The zero-order valence-electron chi connectivity index (χ0n) is 8.20. The Bertz CT molecular complexity index is 523. The van der Waals surface area contributed by atoms with Gasteiger partial charge in [-0.05, 0) is 23.8 Å². The van der Waals surface area contributed by atoms with Gasteiger partial charge in [-0.25, -0.2) is 0 Å². The summed E-state index contributed by atoms with van der Waals surface area (Å²) >= 11 is 0. The van der Waals surface area contributed by atoms with Crippen LogP contribution < -0.4 is 0 Å². The van der Waals surface area contributed by atoms with Crippen molar-refractivity contribution in [1.29, 1.82) is 0 Å². The average Bonchev–Trinajstić information content (AvgIpc) is 2.30. The van der Waals surface area contributed by atoms with Crippen molar-refractivity contribution in [3.8, 4) is 16.9 Å². The quantitative estimate of drug-likeness (QED) is 0.617. The molecule has 0 bridgehead atoms. The van der Waals surface area contributed by atoms with E-state index in [0.29, 0.717) is 11.1 Å². The predicted octanol–water partition coefficient (Wildman–Crippen LogP) is 2.36. The van der Waals surface area contributed by atoms with E-state index in [0.717, 1.165) is 0 Å². The zero-order valence-corrected chi connectivity index (χ0v) is 8.20. The molecular weight excluding hydrogens is 208 g/mol. The molecular formula is C11H8N2O3. The molecule has 0 fully saturated rings. The fourth-order valence-electron chi connectivity index (χ4n) is 1.42. The van der Waals surface area contributed by atoms with Gasteiger partial charge in [0.25, 0.3) is 5.69 Å². The summed E-state index contributed by atoms with van der Waals surface area (Å²) in [6, 6.07) is 7.79. The molecule has 80 valence electrons. The maximum Gasteiger partial charge on any atom is 0.295 e. The van der Waals surface area contributed by atoms with Crippen LogP contribution in [0.5, 0.6) is 5.75 Å². The Morgan fingerprint density at radius 2 is 1.88 bits per heavy atom. The van der Waals surface area contributed by atoms with Gasteiger partial charge in [0.2, 0.25) is 0 Å². The number of hydrogen-bond acceptors (Lipinski definition) is 4. The molecule has 0 radical (unpaired) electrons. The van der Waals surface area contributed by atoms with Crippen molar-refractivity contribution in [3.63, 3.8) is 0 Å². The molecule has 16 heavy (non-hydrogen) atoms. The average molecular weight is 216 g/mol. The smallest absolute Gasteiger partial charge is 0.295 e. The van der Waals surface area contributed by atoms with Crippen molar-refractivity contribution in [3.05, 3.63) is 52.8 Å². The van der Waals surface area contributed by atoms with Crippen molar-refractivity contribution in [2.24, 2.45) is 0 Å². The molecule has 0 aliphatic carbocycles. The second-order valence-electron chi connectivity index (χ2n) is 3.20. The second kappa shape index (κ2) is 3.98. The Hall–Kier alpha value is -2.43.